The zero-order valence-corrected chi connectivity index (χ0v) is 14.0. The van der Waals surface area contributed by atoms with Gasteiger partial charge in [0.15, 0.2) is 0 Å². The van der Waals surface area contributed by atoms with Crippen LogP contribution in [0.3, 0.4) is 0 Å². The Morgan fingerprint density at radius 3 is 2.55 bits per heavy atom. The number of carbonyl (C=O) groups excluding carboxylic acids is 2. The number of nitrogens with zero attached hydrogens (tertiary/aromatic N) is 1. The first-order valence-corrected chi connectivity index (χ1v) is 7.78. The fourth-order valence-corrected chi connectivity index (χ4v) is 3.14. The molecule has 0 spiro atoms. The molecular weight excluding hydrogens is 349 g/mol. The summed E-state index contributed by atoms with van der Waals surface area (Å²) in [6, 6.07) is 4.46. The summed E-state index contributed by atoms with van der Waals surface area (Å²) in [6.45, 7) is 1.79. The number of hydrogen-bond donors (Lipinski definition) is 3. The van der Waals surface area contributed by atoms with Crippen molar-refractivity contribution in [1.29, 1.82) is 0 Å². The number of hydroxylamine groups is 1. The van der Waals surface area contributed by atoms with Crippen LogP contribution in [0.4, 0.5) is 0 Å². The van der Waals surface area contributed by atoms with E-state index in [1.807, 2.05) is 0 Å². The SMILES string of the molecule is CC(NC(=O)c1cc(Cl)c(Cl)n1C)c1ccc(C(=O)NO)s1. The molecule has 0 bridgehead atoms. The summed E-state index contributed by atoms with van der Waals surface area (Å²) in [5, 5.41) is 12.0. The van der Waals surface area contributed by atoms with Gasteiger partial charge in [-0.05, 0) is 25.1 Å². The molecule has 2 amide bonds. The quantitative estimate of drug-likeness (QED) is 0.578. The lowest BCUT2D eigenvalue weighted by molar-refractivity contribution is 0.0711. The number of thiophene rings is 1. The minimum absolute atomic E-state index is 0.289. The van der Waals surface area contributed by atoms with Gasteiger partial charge in [-0.2, -0.15) is 0 Å². The summed E-state index contributed by atoms with van der Waals surface area (Å²) in [7, 11) is 1.64. The van der Waals surface area contributed by atoms with E-state index in [1.165, 1.54) is 22.0 Å². The van der Waals surface area contributed by atoms with Crippen molar-refractivity contribution < 1.29 is 14.8 Å². The molecule has 9 heteroatoms. The van der Waals surface area contributed by atoms with Crippen LogP contribution in [0.2, 0.25) is 10.2 Å². The fourth-order valence-electron chi connectivity index (χ4n) is 1.86. The third-order valence-electron chi connectivity index (χ3n) is 3.08. The van der Waals surface area contributed by atoms with Gasteiger partial charge in [-0.3, -0.25) is 14.8 Å². The Bertz CT molecular complexity index is 726. The van der Waals surface area contributed by atoms with Gasteiger partial charge in [0.2, 0.25) is 0 Å². The molecule has 1 atom stereocenters. The standard InChI is InChI=1S/C13H13Cl2N3O3S/c1-6(9-3-4-10(22-9)13(20)17-21)16-12(19)8-5-7(14)11(15)18(8)2/h3-6,21H,1-2H3,(H,16,19)(H,17,20). The van der Waals surface area contributed by atoms with E-state index >= 15 is 0 Å². The van der Waals surface area contributed by atoms with Crippen LogP contribution in [-0.2, 0) is 7.05 Å². The molecule has 6 nitrogen and oxygen atoms in total. The van der Waals surface area contributed by atoms with Crippen LogP contribution >= 0.6 is 34.5 Å². The Labute approximate surface area is 140 Å². The van der Waals surface area contributed by atoms with Crippen molar-refractivity contribution in [2.45, 2.75) is 13.0 Å². The number of carbonyl (C=O) groups is 2. The smallest absolute Gasteiger partial charge is 0.284 e. The molecule has 1 unspecified atom stereocenters. The van der Waals surface area contributed by atoms with Crippen LogP contribution < -0.4 is 10.8 Å². The molecule has 0 aromatic carbocycles. The molecule has 0 aliphatic rings. The maximum atomic E-state index is 12.2. The maximum absolute atomic E-state index is 12.2. The van der Waals surface area contributed by atoms with Gasteiger partial charge in [0.1, 0.15) is 10.8 Å². The van der Waals surface area contributed by atoms with Crippen molar-refractivity contribution in [3.63, 3.8) is 0 Å². The van der Waals surface area contributed by atoms with Crippen LogP contribution in [0.1, 0.15) is 38.0 Å². The van der Waals surface area contributed by atoms with Crippen molar-refractivity contribution in [2.24, 2.45) is 7.05 Å². The molecule has 2 aromatic rings. The molecule has 22 heavy (non-hydrogen) atoms. The van der Waals surface area contributed by atoms with Gasteiger partial charge in [-0.25, -0.2) is 5.48 Å². The fraction of sp³-hybridized carbons (Fsp3) is 0.231. The summed E-state index contributed by atoms with van der Waals surface area (Å²) < 4.78 is 1.49. The molecule has 0 radical (unpaired) electrons. The minimum Gasteiger partial charge on any atom is -0.343 e. The summed E-state index contributed by atoms with van der Waals surface area (Å²) in [5.74, 6) is -0.916. The lowest BCUT2D eigenvalue weighted by Crippen LogP contribution is -2.27. The molecule has 2 aromatic heterocycles. The Balaban J connectivity index is 2.12. The van der Waals surface area contributed by atoms with Crippen molar-refractivity contribution in [2.75, 3.05) is 0 Å². The van der Waals surface area contributed by atoms with Crippen molar-refractivity contribution in [3.05, 3.63) is 43.8 Å². The predicted molar refractivity (Wildman–Crippen MR) is 84.9 cm³/mol. The van der Waals surface area contributed by atoms with E-state index < -0.39 is 5.91 Å². The average molecular weight is 362 g/mol. The van der Waals surface area contributed by atoms with Crippen molar-refractivity contribution in [3.8, 4) is 0 Å². The summed E-state index contributed by atoms with van der Waals surface area (Å²) >= 11 is 13.0. The third kappa shape index (κ3) is 3.27. The molecule has 0 saturated carbocycles. The monoisotopic (exact) mass is 361 g/mol. The van der Waals surface area contributed by atoms with E-state index in [2.05, 4.69) is 5.32 Å². The number of rotatable bonds is 4. The van der Waals surface area contributed by atoms with Crippen LogP contribution in [-0.4, -0.2) is 21.6 Å². The zero-order chi connectivity index (χ0) is 16.4. The molecular formula is C13H13Cl2N3O3S. The summed E-state index contributed by atoms with van der Waals surface area (Å²) in [6.07, 6.45) is 0. The molecule has 2 heterocycles. The van der Waals surface area contributed by atoms with Gasteiger partial charge < -0.3 is 9.88 Å². The van der Waals surface area contributed by atoms with Crippen molar-refractivity contribution in [1.82, 2.24) is 15.4 Å². The maximum Gasteiger partial charge on any atom is 0.284 e. The predicted octanol–water partition coefficient (Wildman–Crippen LogP) is 3.00. The van der Waals surface area contributed by atoms with E-state index in [0.717, 1.165) is 4.88 Å². The highest BCUT2D eigenvalue weighted by Gasteiger charge is 2.19. The lowest BCUT2D eigenvalue weighted by atomic mass is 10.2. The van der Waals surface area contributed by atoms with Crippen LogP contribution in [0.25, 0.3) is 0 Å². The number of nitrogens with one attached hydrogen (secondary N) is 2. The molecule has 118 valence electrons. The highest BCUT2D eigenvalue weighted by atomic mass is 35.5. The molecule has 3 N–H and O–H groups in total. The number of amides is 2. The normalized spacial score (nSPS) is 12.0. The Morgan fingerprint density at radius 2 is 2.00 bits per heavy atom. The van der Waals surface area contributed by atoms with E-state index in [9.17, 15) is 9.59 Å². The van der Waals surface area contributed by atoms with Gasteiger partial charge in [0.05, 0.1) is 15.9 Å². The lowest BCUT2D eigenvalue weighted by Gasteiger charge is -2.12. The van der Waals surface area contributed by atoms with Crippen LogP contribution in [0.15, 0.2) is 18.2 Å². The molecule has 0 fully saturated rings. The van der Waals surface area contributed by atoms with E-state index in [-0.39, 0.29) is 17.1 Å². The van der Waals surface area contributed by atoms with E-state index in [4.69, 9.17) is 28.4 Å². The molecule has 2 rings (SSSR count). The zero-order valence-electron chi connectivity index (χ0n) is 11.7. The molecule has 0 aliphatic carbocycles. The second-order valence-corrected chi connectivity index (χ2v) is 6.45. The van der Waals surface area contributed by atoms with Crippen LogP contribution in [0, 0.1) is 0 Å². The van der Waals surface area contributed by atoms with Gasteiger partial charge in [-0.15, -0.1) is 11.3 Å². The third-order valence-corrected chi connectivity index (χ3v) is 5.18. The first-order chi connectivity index (χ1) is 10.3. The van der Waals surface area contributed by atoms with Crippen molar-refractivity contribution >= 4 is 46.4 Å². The number of aromatic nitrogens is 1. The van der Waals surface area contributed by atoms with E-state index in [0.29, 0.717) is 15.6 Å². The van der Waals surface area contributed by atoms with Gasteiger partial charge >= 0.3 is 0 Å². The number of halogens is 2. The second-order valence-electron chi connectivity index (χ2n) is 4.57. The van der Waals surface area contributed by atoms with Gasteiger partial charge in [0.25, 0.3) is 11.8 Å². The highest BCUT2D eigenvalue weighted by molar-refractivity contribution is 7.14. The Morgan fingerprint density at radius 1 is 1.32 bits per heavy atom. The Kier molecular flexibility index (Phi) is 5.12. The minimum atomic E-state index is -0.587. The Hall–Kier alpha value is -1.54. The topological polar surface area (TPSA) is 83.4 Å². The molecule has 0 aliphatic heterocycles. The van der Waals surface area contributed by atoms with Gasteiger partial charge in [-0.1, -0.05) is 23.2 Å². The van der Waals surface area contributed by atoms with Crippen LogP contribution in [0.5, 0.6) is 0 Å². The summed E-state index contributed by atoms with van der Waals surface area (Å²) in [4.78, 5) is 24.7. The first kappa shape index (κ1) is 16.8. The average Bonchev–Trinajstić information content (AvgIpc) is 3.08. The highest BCUT2D eigenvalue weighted by Crippen LogP contribution is 2.27. The largest absolute Gasteiger partial charge is 0.343 e. The van der Waals surface area contributed by atoms with Gasteiger partial charge in [0, 0.05) is 11.9 Å². The first-order valence-electron chi connectivity index (χ1n) is 6.21. The molecule has 0 saturated heterocycles. The number of hydrogen-bond acceptors (Lipinski definition) is 4. The second kappa shape index (κ2) is 6.70. The van der Waals surface area contributed by atoms with E-state index in [1.54, 1.807) is 31.6 Å². The summed E-state index contributed by atoms with van der Waals surface area (Å²) in [5.41, 5.74) is 1.91.